The molecular weight excluding hydrogens is 862 g/mol. The zero-order valence-corrected chi connectivity index (χ0v) is 39.0. The molecule has 63 heavy (non-hydrogen) atoms. The van der Waals surface area contributed by atoms with Crippen LogP contribution in [0.2, 0.25) is 0 Å². The minimum atomic E-state index is -4.92. The highest BCUT2D eigenvalue weighted by atomic mass is 31.2. The van der Waals surface area contributed by atoms with Gasteiger partial charge in [-0.15, -0.1) is 0 Å². The standard InChI is InChI=1S/C44H76O17P2/c1-3-5-7-8-9-10-11-12-13-14-15-16-17-18-20-25-43(50)57-33-38(34-60-63(55,56)59-32-37(47)31-58-62(52,53)54)61-44(51)26-22-21-24-36(46)29-40-39(41(48)30-42(40)49)28-27-35(45)23-19-6-4-2/h5,7,9-10,12-13,27-28,35,37-42,45,47-49H,3-4,6,8,11,14-26,29-34H2,1-2H3,(H,55,56)(H2,52,53,54)/b7-5-,10-9-,13-12-,28-27+/t35-,37-,38+,39+,40+,41+,42-/m0/s1. The summed E-state index contributed by atoms with van der Waals surface area (Å²) in [4.78, 5) is 65.8. The highest BCUT2D eigenvalue weighted by molar-refractivity contribution is 7.47. The molecule has 1 unspecified atom stereocenters. The van der Waals surface area contributed by atoms with E-state index in [1.54, 1.807) is 12.2 Å². The van der Waals surface area contributed by atoms with Crippen molar-refractivity contribution in [2.75, 3.05) is 26.4 Å². The summed E-state index contributed by atoms with van der Waals surface area (Å²) in [5, 5.41) is 41.1. The third kappa shape index (κ3) is 32.0. The fourth-order valence-corrected chi connectivity index (χ4v) is 7.87. The van der Waals surface area contributed by atoms with Crippen LogP contribution in [0.1, 0.15) is 142 Å². The third-order valence-corrected chi connectivity index (χ3v) is 11.6. The first-order valence-corrected chi connectivity index (χ1v) is 25.5. The molecule has 0 saturated heterocycles. The van der Waals surface area contributed by atoms with E-state index in [0.29, 0.717) is 19.3 Å². The van der Waals surface area contributed by atoms with Crippen LogP contribution in [0.5, 0.6) is 0 Å². The van der Waals surface area contributed by atoms with Crippen LogP contribution in [0.3, 0.4) is 0 Å². The van der Waals surface area contributed by atoms with Gasteiger partial charge in [-0.1, -0.05) is 101 Å². The number of esters is 2. The Morgan fingerprint density at radius 3 is 1.98 bits per heavy atom. The number of carbonyl (C=O) groups is 3. The van der Waals surface area contributed by atoms with Gasteiger partial charge in [0.15, 0.2) is 6.10 Å². The molecule has 1 aliphatic carbocycles. The number of ketones is 1. The lowest BCUT2D eigenvalue weighted by Crippen LogP contribution is -2.30. The van der Waals surface area contributed by atoms with E-state index >= 15 is 0 Å². The summed E-state index contributed by atoms with van der Waals surface area (Å²) in [5.74, 6) is -2.52. The molecule has 1 rings (SSSR count). The predicted molar refractivity (Wildman–Crippen MR) is 237 cm³/mol. The van der Waals surface area contributed by atoms with Crippen molar-refractivity contribution in [3.8, 4) is 0 Å². The Labute approximate surface area is 373 Å². The number of phosphoric ester groups is 2. The third-order valence-electron chi connectivity index (χ3n) is 10.2. The number of aliphatic hydroxyl groups is 4. The molecule has 17 nitrogen and oxygen atoms in total. The molecule has 8 atom stereocenters. The number of ether oxygens (including phenoxy) is 2. The summed E-state index contributed by atoms with van der Waals surface area (Å²) in [6.45, 7) is 1.08. The molecule has 0 heterocycles. The predicted octanol–water partition coefficient (Wildman–Crippen LogP) is 7.01. The summed E-state index contributed by atoms with van der Waals surface area (Å²) < 4.78 is 47.7. The van der Waals surface area contributed by atoms with Crippen molar-refractivity contribution in [1.82, 2.24) is 0 Å². The minimum absolute atomic E-state index is 0.0130. The van der Waals surface area contributed by atoms with Gasteiger partial charge in [0.25, 0.3) is 0 Å². The van der Waals surface area contributed by atoms with Gasteiger partial charge in [0.1, 0.15) is 18.5 Å². The average molecular weight is 939 g/mol. The first kappa shape index (κ1) is 58.6. The molecule has 1 aliphatic rings. The van der Waals surface area contributed by atoms with E-state index < -0.39 is 96.4 Å². The summed E-state index contributed by atoms with van der Waals surface area (Å²) >= 11 is 0. The quantitative estimate of drug-likeness (QED) is 0.0142. The fourth-order valence-electron chi connectivity index (χ4n) is 6.71. The van der Waals surface area contributed by atoms with Crippen molar-refractivity contribution in [2.24, 2.45) is 11.8 Å². The molecule has 0 spiro atoms. The second-order valence-electron chi connectivity index (χ2n) is 15.9. The van der Waals surface area contributed by atoms with Crippen molar-refractivity contribution >= 4 is 33.4 Å². The lowest BCUT2D eigenvalue weighted by atomic mass is 9.87. The highest BCUT2D eigenvalue weighted by Gasteiger charge is 2.41. The number of unbranched alkanes of at least 4 members (excludes halogenated alkanes) is 8. The van der Waals surface area contributed by atoms with Crippen molar-refractivity contribution in [2.45, 2.75) is 173 Å². The molecule has 0 aromatic rings. The maximum absolute atomic E-state index is 12.9. The lowest BCUT2D eigenvalue weighted by molar-refractivity contribution is -0.161. The average Bonchev–Trinajstić information content (AvgIpc) is 3.49. The van der Waals surface area contributed by atoms with E-state index in [0.717, 1.165) is 70.6 Å². The first-order valence-electron chi connectivity index (χ1n) is 22.5. The SMILES string of the molecule is CC/C=C\C/C=C\C/C=C\CCCCCCCC(=O)OC[C@H](COP(=O)(O)OC[C@@H](O)COP(=O)(O)O)OC(=O)CCCCC(=O)C[C@@H]1[C@@H](/C=C/[C@@H](O)CCCCC)[C@H](O)C[C@@H]1O. The van der Waals surface area contributed by atoms with Crippen LogP contribution < -0.4 is 0 Å². The summed E-state index contributed by atoms with van der Waals surface area (Å²) in [7, 11) is -9.84. The zero-order chi connectivity index (χ0) is 46.9. The van der Waals surface area contributed by atoms with Gasteiger partial charge in [-0.05, 0) is 57.8 Å². The Bertz CT molecular complexity index is 1480. The maximum Gasteiger partial charge on any atom is 0.472 e. The highest BCUT2D eigenvalue weighted by Crippen LogP contribution is 2.44. The Morgan fingerprint density at radius 1 is 0.683 bits per heavy atom. The zero-order valence-electron chi connectivity index (χ0n) is 37.2. The van der Waals surface area contributed by atoms with Crippen LogP contribution >= 0.6 is 15.6 Å². The second-order valence-corrected chi connectivity index (χ2v) is 18.6. The van der Waals surface area contributed by atoms with Gasteiger partial charge in [-0.25, -0.2) is 9.13 Å². The van der Waals surface area contributed by atoms with Gasteiger partial charge in [0.05, 0.1) is 38.1 Å². The minimum Gasteiger partial charge on any atom is -0.462 e. The van der Waals surface area contributed by atoms with Gasteiger partial charge in [0.2, 0.25) is 0 Å². The van der Waals surface area contributed by atoms with Gasteiger partial charge >= 0.3 is 27.6 Å². The van der Waals surface area contributed by atoms with Crippen molar-refractivity contribution < 1.29 is 81.7 Å². The number of rotatable bonds is 38. The molecule has 19 heteroatoms. The molecule has 0 aromatic carbocycles. The Morgan fingerprint density at radius 2 is 1.29 bits per heavy atom. The monoisotopic (exact) mass is 938 g/mol. The Kier molecular flexibility index (Phi) is 32.5. The van der Waals surface area contributed by atoms with Gasteiger partial charge in [0, 0.05) is 43.9 Å². The molecule has 1 saturated carbocycles. The van der Waals surface area contributed by atoms with Gasteiger partial charge in [-0.2, -0.15) is 0 Å². The number of carbonyl (C=O) groups excluding carboxylic acids is 3. The molecule has 0 bridgehead atoms. The molecule has 0 aromatic heterocycles. The Balaban J connectivity index is 2.61. The molecule has 0 radical (unpaired) electrons. The maximum atomic E-state index is 12.9. The first-order chi connectivity index (χ1) is 30.0. The van der Waals surface area contributed by atoms with Crippen molar-refractivity contribution in [3.05, 3.63) is 48.6 Å². The largest absolute Gasteiger partial charge is 0.472 e. The summed E-state index contributed by atoms with van der Waals surface area (Å²) in [6, 6.07) is 0. The van der Waals surface area contributed by atoms with Crippen LogP contribution in [-0.2, 0) is 46.6 Å². The second kappa shape index (κ2) is 34.9. The molecule has 7 N–H and O–H groups in total. The van der Waals surface area contributed by atoms with E-state index in [1.165, 1.54) is 0 Å². The number of allylic oxidation sites excluding steroid dienone is 6. The van der Waals surface area contributed by atoms with E-state index in [2.05, 4.69) is 59.4 Å². The molecule has 0 aliphatic heterocycles. The van der Waals surface area contributed by atoms with Crippen molar-refractivity contribution in [3.63, 3.8) is 0 Å². The topological polar surface area (TPSA) is 273 Å². The fraction of sp³-hybridized carbons (Fsp3) is 0.750. The van der Waals surface area contributed by atoms with Gasteiger partial charge in [-0.3, -0.25) is 28.0 Å². The number of phosphoric acid groups is 2. The van der Waals surface area contributed by atoms with Crippen LogP contribution in [-0.4, -0.2) is 110 Å². The number of aliphatic hydroxyl groups excluding tert-OH is 4. The summed E-state index contributed by atoms with van der Waals surface area (Å²) in [5.41, 5.74) is 0. The molecule has 1 fully saturated rings. The lowest BCUT2D eigenvalue weighted by Gasteiger charge is -2.21. The van der Waals surface area contributed by atoms with Crippen LogP contribution in [0, 0.1) is 11.8 Å². The van der Waals surface area contributed by atoms with Gasteiger partial charge < -0.3 is 44.6 Å². The van der Waals surface area contributed by atoms with Crippen LogP contribution in [0.25, 0.3) is 0 Å². The van der Waals surface area contributed by atoms with E-state index in [9.17, 15) is 48.8 Å². The van der Waals surface area contributed by atoms with Crippen molar-refractivity contribution in [1.29, 1.82) is 0 Å². The smallest absolute Gasteiger partial charge is 0.462 e. The van der Waals surface area contributed by atoms with E-state index in [1.807, 2.05) is 0 Å². The Hall–Kier alpha value is -2.37. The molecule has 364 valence electrons. The number of hydrogen-bond acceptors (Lipinski definition) is 14. The van der Waals surface area contributed by atoms with E-state index in [4.69, 9.17) is 23.8 Å². The summed E-state index contributed by atoms with van der Waals surface area (Å²) in [6.07, 6.45) is 23.1. The van der Waals surface area contributed by atoms with E-state index in [-0.39, 0.29) is 44.3 Å². The number of Topliss-reactive ketones (excluding diaryl/α,β-unsaturated/α-hetero) is 1. The normalized spacial score (nSPS) is 20.8. The van der Waals surface area contributed by atoms with Crippen LogP contribution in [0.15, 0.2) is 48.6 Å². The van der Waals surface area contributed by atoms with Crippen LogP contribution in [0.4, 0.5) is 0 Å². The molecular formula is C44H76O17P2. The number of hydrogen-bond donors (Lipinski definition) is 7. The molecule has 0 amide bonds.